The second-order valence-corrected chi connectivity index (χ2v) is 11.8. The minimum absolute atomic E-state index is 0.355. The third-order valence-electron chi connectivity index (χ3n) is 6.34. The number of rotatable bonds is 9. The first-order valence-electron chi connectivity index (χ1n) is 12.8. The first-order chi connectivity index (χ1) is 18.7. The van der Waals surface area contributed by atoms with Gasteiger partial charge in [0.1, 0.15) is 27.9 Å². The van der Waals surface area contributed by atoms with E-state index in [0.717, 1.165) is 44.1 Å². The summed E-state index contributed by atoms with van der Waals surface area (Å²) in [6.07, 6.45) is 3.70. The van der Waals surface area contributed by atoms with Crippen LogP contribution in [0.5, 0.6) is 0 Å². The van der Waals surface area contributed by atoms with E-state index in [0.29, 0.717) is 52.7 Å². The van der Waals surface area contributed by atoms with Crippen LogP contribution in [0.3, 0.4) is 0 Å². The van der Waals surface area contributed by atoms with Gasteiger partial charge in [-0.2, -0.15) is 4.98 Å². The van der Waals surface area contributed by atoms with Crippen LogP contribution in [0.25, 0.3) is 22.7 Å². The number of nitrogens with one attached hydrogen (secondary N) is 1. The molecule has 39 heavy (non-hydrogen) atoms. The molecular weight excluding hydrogens is 524 g/mol. The van der Waals surface area contributed by atoms with E-state index in [-0.39, 0.29) is 0 Å². The Morgan fingerprint density at radius 2 is 1.74 bits per heavy atom. The number of aromatic nitrogens is 3. The van der Waals surface area contributed by atoms with Crippen LogP contribution in [0.2, 0.25) is 0 Å². The lowest BCUT2D eigenvalue weighted by atomic mass is 10.1. The van der Waals surface area contributed by atoms with Gasteiger partial charge in [0, 0.05) is 31.4 Å². The van der Waals surface area contributed by atoms with Gasteiger partial charge in [-0.1, -0.05) is 38.1 Å². The van der Waals surface area contributed by atoms with E-state index in [1.54, 1.807) is 36.5 Å². The molecule has 0 atom stereocenters. The Kier molecular flexibility index (Phi) is 7.60. The summed E-state index contributed by atoms with van der Waals surface area (Å²) in [6.45, 7) is 6.50. The molecule has 0 radical (unpaired) electrons. The highest BCUT2D eigenvalue weighted by Crippen LogP contribution is 2.36. The third-order valence-corrected chi connectivity index (χ3v) is 8.06. The number of nitrogens with zero attached hydrogens (tertiary/aromatic N) is 4. The fourth-order valence-corrected chi connectivity index (χ4v) is 5.96. The molecule has 1 N–H and O–H groups in total. The SMILES string of the molecule is CC(C)CNc1nccc(-c2oc(N3CCCC3)nc2-c2cccc(CS(=O)(=O)c3c(F)cccc3F)c2)n1. The first-order valence-corrected chi connectivity index (χ1v) is 14.5. The summed E-state index contributed by atoms with van der Waals surface area (Å²) >= 11 is 0. The fraction of sp³-hybridized carbons (Fsp3) is 0.321. The van der Waals surface area contributed by atoms with Crippen molar-refractivity contribution in [1.29, 1.82) is 0 Å². The maximum Gasteiger partial charge on any atom is 0.298 e. The number of oxazole rings is 1. The van der Waals surface area contributed by atoms with Crippen LogP contribution in [-0.4, -0.2) is 43.0 Å². The third kappa shape index (κ3) is 5.93. The Labute approximate surface area is 226 Å². The highest BCUT2D eigenvalue weighted by Gasteiger charge is 2.26. The topological polar surface area (TPSA) is 101 Å². The van der Waals surface area contributed by atoms with Crippen molar-refractivity contribution in [2.75, 3.05) is 29.9 Å². The van der Waals surface area contributed by atoms with Gasteiger partial charge in [-0.05, 0) is 48.6 Å². The van der Waals surface area contributed by atoms with E-state index in [2.05, 4.69) is 34.0 Å². The molecule has 4 aromatic rings. The van der Waals surface area contributed by atoms with Crippen molar-refractivity contribution in [3.8, 4) is 22.7 Å². The number of benzene rings is 2. The van der Waals surface area contributed by atoms with Crippen molar-refractivity contribution >= 4 is 21.8 Å². The van der Waals surface area contributed by atoms with Crippen LogP contribution < -0.4 is 10.2 Å². The van der Waals surface area contributed by atoms with Gasteiger partial charge in [0.15, 0.2) is 15.6 Å². The van der Waals surface area contributed by atoms with E-state index in [1.165, 1.54) is 0 Å². The molecule has 2 aromatic heterocycles. The number of hydrogen-bond donors (Lipinski definition) is 1. The van der Waals surface area contributed by atoms with E-state index < -0.39 is 32.1 Å². The summed E-state index contributed by atoms with van der Waals surface area (Å²) in [5.74, 6) is -1.54. The van der Waals surface area contributed by atoms with Crippen LogP contribution in [0.4, 0.5) is 20.7 Å². The van der Waals surface area contributed by atoms with Gasteiger partial charge in [0.05, 0.1) is 5.75 Å². The van der Waals surface area contributed by atoms with Crippen molar-refractivity contribution in [1.82, 2.24) is 15.0 Å². The van der Waals surface area contributed by atoms with Gasteiger partial charge in [0.25, 0.3) is 6.01 Å². The smallest absolute Gasteiger partial charge is 0.298 e. The molecule has 8 nitrogen and oxygen atoms in total. The number of hydrogen-bond acceptors (Lipinski definition) is 8. The second-order valence-electron chi connectivity index (χ2n) is 9.92. The molecule has 2 aromatic carbocycles. The van der Waals surface area contributed by atoms with Crippen molar-refractivity contribution in [3.05, 3.63) is 71.9 Å². The maximum absolute atomic E-state index is 14.3. The Balaban J connectivity index is 1.53. The molecule has 3 heterocycles. The molecular formula is C28H29F2N5O3S. The van der Waals surface area contributed by atoms with E-state index in [9.17, 15) is 17.2 Å². The number of halogens is 2. The Hall–Kier alpha value is -3.86. The number of anilines is 2. The Morgan fingerprint density at radius 3 is 2.46 bits per heavy atom. The molecule has 204 valence electrons. The molecule has 5 rings (SSSR count). The van der Waals surface area contributed by atoms with Gasteiger partial charge < -0.3 is 14.6 Å². The molecule has 1 fully saturated rings. The predicted molar refractivity (Wildman–Crippen MR) is 145 cm³/mol. The van der Waals surface area contributed by atoms with Crippen LogP contribution >= 0.6 is 0 Å². The zero-order chi connectivity index (χ0) is 27.6. The molecule has 1 aliphatic heterocycles. The van der Waals surface area contributed by atoms with Gasteiger partial charge in [-0.15, -0.1) is 0 Å². The van der Waals surface area contributed by atoms with E-state index >= 15 is 0 Å². The Bertz CT molecular complexity index is 1560. The van der Waals surface area contributed by atoms with E-state index in [4.69, 9.17) is 9.40 Å². The van der Waals surface area contributed by atoms with Gasteiger partial charge in [-0.3, -0.25) is 0 Å². The van der Waals surface area contributed by atoms with Gasteiger partial charge in [0.2, 0.25) is 5.95 Å². The summed E-state index contributed by atoms with van der Waals surface area (Å²) in [4.78, 5) is 14.8. The Morgan fingerprint density at radius 1 is 1.03 bits per heavy atom. The van der Waals surface area contributed by atoms with Crippen molar-refractivity contribution < 1.29 is 21.6 Å². The van der Waals surface area contributed by atoms with Crippen LogP contribution in [0, 0.1) is 17.6 Å². The second kappa shape index (κ2) is 11.1. The lowest BCUT2D eigenvalue weighted by Crippen LogP contribution is -2.17. The van der Waals surface area contributed by atoms with E-state index in [1.807, 2.05) is 0 Å². The monoisotopic (exact) mass is 553 g/mol. The number of sulfone groups is 1. The molecule has 0 unspecified atom stereocenters. The van der Waals surface area contributed by atoms with Gasteiger partial charge >= 0.3 is 0 Å². The minimum atomic E-state index is -4.29. The molecule has 0 spiro atoms. The quantitative estimate of drug-likeness (QED) is 0.281. The summed E-state index contributed by atoms with van der Waals surface area (Å²) in [6, 6.07) is 11.9. The lowest BCUT2D eigenvalue weighted by Gasteiger charge is -2.10. The summed E-state index contributed by atoms with van der Waals surface area (Å²) in [5.41, 5.74) is 1.96. The summed E-state index contributed by atoms with van der Waals surface area (Å²) in [7, 11) is -4.29. The van der Waals surface area contributed by atoms with Crippen LogP contribution in [0.1, 0.15) is 32.3 Å². The zero-order valence-electron chi connectivity index (χ0n) is 21.7. The van der Waals surface area contributed by atoms with Crippen molar-refractivity contribution in [3.63, 3.8) is 0 Å². The first kappa shape index (κ1) is 26.7. The fourth-order valence-electron chi connectivity index (χ4n) is 4.47. The average molecular weight is 554 g/mol. The molecule has 0 amide bonds. The normalized spacial score (nSPS) is 13.8. The average Bonchev–Trinajstić information content (AvgIpc) is 3.58. The largest absolute Gasteiger partial charge is 0.421 e. The van der Waals surface area contributed by atoms with Gasteiger partial charge in [-0.25, -0.2) is 27.2 Å². The highest BCUT2D eigenvalue weighted by molar-refractivity contribution is 7.90. The maximum atomic E-state index is 14.3. The predicted octanol–water partition coefficient (Wildman–Crippen LogP) is 5.72. The van der Waals surface area contributed by atoms with Crippen molar-refractivity contribution in [2.24, 2.45) is 5.92 Å². The molecule has 1 saturated heterocycles. The van der Waals surface area contributed by atoms with Crippen LogP contribution in [0.15, 0.2) is 64.0 Å². The molecule has 11 heteroatoms. The highest BCUT2D eigenvalue weighted by atomic mass is 32.2. The molecule has 0 saturated carbocycles. The lowest BCUT2D eigenvalue weighted by molar-refractivity contribution is 0.519. The molecule has 0 aliphatic carbocycles. The van der Waals surface area contributed by atoms with Crippen molar-refractivity contribution in [2.45, 2.75) is 37.3 Å². The summed E-state index contributed by atoms with van der Waals surface area (Å²) in [5, 5.41) is 3.21. The standard InChI is InChI=1S/C28H29F2N5O3S/c1-18(2)16-32-27-31-12-11-23(33-27)25-24(34-28(38-25)35-13-3-4-14-35)20-8-5-7-19(15-20)17-39(36,37)26-21(29)9-6-10-22(26)30/h5-12,15,18H,3-4,13-14,16-17H2,1-2H3,(H,31,32,33). The van der Waals surface area contributed by atoms with Crippen LogP contribution in [-0.2, 0) is 15.6 Å². The molecule has 1 aliphatic rings. The minimum Gasteiger partial charge on any atom is -0.421 e. The molecule has 0 bridgehead atoms. The summed E-state index contributed by atoms with van der Waals surface area (Å²) < 4.78 is 60.7. The zero-order valence-corrected chi connectivity index (χ0v) is 22.5.